The Kier molecular flexibility index (Phi) is 3.10. The summed E-state index contributed by atoms with van der Waals surface area (Å²) in [5.41, 5.74) is 9.70. The van der Waals surface area contributed by atoms with Crippen LogP contribution in [0.5, 0.6) is 0 Å². The lowest BCUT2D eigenvalue weighted by Crippen LogP contribution is -1.93. The normalized spacial score (nSPS) is 13.4. The number of fused-ring (bicyclic) bond motifs is 1. The first-order valence-corrected chi connectivity index (χ1v) is 7.43. The highest BCUT2D eigenvalue weighted by molar-refractivity contribution is 9.10. The van der Waals surface area contributed by atoms with Gasteiger partial charge in [-0.25, -0.2) is 0 Å². The van der Waals surface area contributed by atoms with E-state index in [-0.39, 0.29) is 0 Å². The van der Waals surface area contributed by atoms with Crippen LogP contribution in [0.2, 0.25) is 0 Å². The summed E-state index contributed by atoms with van der Waals surface area (Å²) in [6.07, 6.45) is 3.38. The Morgan fingerprint density at radius 3 is 2.58 bits per heavy atom. The van der Waals surface area contributed by atoms with Gasteiger partial charge in [0.05, 0.1) is 0 Å². The fourth-order valence-corrected chi connectivity index (χ4v) is 3.42. The predicted octanol–water partition coefficient (Wildman–Crippen LogP) is 5.69. The van der Waals surface area contributed by atoms with Gasteiger partial charge < -0.3 is 0 Å². The van der Waals surface area contributed by atoms with E-state index in [0.29, 0.717) is 0 Å². The third-order valence-electron chi connectivity index (χ3n) is 4.10. The second-order valence-electron chi connectivity index (χ2n) is 5.33. The SMILES string of the molecule is CC1=CCc2cc(Br)cc(-c3cccc(C)c3C)c21. The lowest BCUT2D eigenvalue weighted by molar-refractivity contribution is 1.29. The molecule has 0 amide bonds. The topological polar surface area (TPSA) is 0 Å². The van der Waals surface area contributed by atoms with E-state index in [0.717, 1.165) is 6.42 Å². The third kappa shape index (κ3) is 2.06. The zero-order valence-corrected chi connectivity index (χ0v) is 13.1. The molecular weight excluding hydrogens is 296 g/mol. The molecule has 1 heteroatoms. The van der Waals surface area contributed by atoms with Crippen LogP contribution in [0.4, 0.5) is 0 Å². The van der Waals surface area contributed by atoms with Crippen LogP contribution in [0.1, 0.15) is 29.2 Å². The van der Waals surface area contributed by atoms with Crippen LogP contribution in [0.15, 0.2) is 40.9 Å². The molecule has 0 fully saturated rings. The van der Waals surface area contributed by atoms with Crippen molar-refractivity contribution in [2.75, 3.05) is 0 Å². The molecule has 1 aliphatic rings. The highest BCUT2D eigenvalue weighted by Crippen LogP contribution is 2.39. The predicted molar refractivity (Wildman–Crippen MR) is 86.4 cm³/mol. The number of halogens is 1. The quantitative estimate of drug-likeness (QED) is 0.634. The van der Waals surface area contributed by atoms with Gasteiger partial charge in [0, 0.05) is 4.47 Å². The standard InChI is InChI=1S/C18H17Br/c1-11-5-4-6-16(13(11)3)17-10-15(19)9-14-8-7-12(2)18(14)17/h4-7,9-10H,8H2,1-3H3. The number of rotatable bonds is 1. The largest absolute Gasteiger partial charge is 0.0765 e. The molecular formula is C18H17Br. The van der Waals surface area contributed by atoms with Gasteiger partial charge in [0.15, 0.2) is 0 Å². The van der Waals surface area contributed by atoms with E-state index in [1.165, 1.54) is 43.4 Å². The van der Waals surface area contributed by atoms with E-state index in [4.69, 9.17) is 0 Å². The number of allylic oxidation sites excluding steroid dienone is 2. The lowest BCUT2D eigenvalue weighted by atomic mass is 9.90. The molecule has 0 aromatic heterocycles. The van der Waals surface area contributed by atoms with Crippen molar-refractivity contribution in [2.24, 2.45) is 0 Å². The summed E-state index contributed by atoms with van der Waals surface area (Å²) < 4.78 is 1.17. The summed E-state index contributed by atoms with van der Waals surface area (Å²) >= 11 is 3.65. The fraction of sp³-hybridized carbons (Fsp3) is 0.222. The summed E-state index contributed by atoms with van der Waals surface area (Å²) in [7, 11) is 0. The van der Waals surface area contributed by atoms with Crippen molar-refractivity contribution in [3.05, 3.63) is 63.1 Å². The van der Waals surface area contributed by atoms with Gasteiger partial charge in [-0.05, 0) is 78.3 Å². The number of hydrogen-bond donors (Lipinski definition) is 0. The van der Waals surface area contributed by atoms with Crippen molar-refractivity contribution in [1.82, 2.24) is 0 Å². The Morgan fingerprint density at radius 2 is 1.79 bits per heavy atom. The minimum atomic E-state index is 1.05. The minimum Gasteiger partial charge on any atom is -0.0765 e. The number of aryl methyl sites for hydroxylation is 1. The molecule has 0 N–H and O–H groups in total. The molecule has 0 atom stereocenters. The van der Waals surface area contributed by atoms with Crippen molar-refractivity contribution in [1.29, 1.82) is 0 Å². The van der Waals surface area contributed by atoms with Crippen molar-refractivity contribution in [3.8, 4) is 11.1 Å². The third-order valence-corrected chi connectivity index (χ3v) is 4.56. The van der Waals surface area contributed by atoms with Gasteiger partial charge in [0.25, 0.3) is 0 Å². The van der Waals surface area contributed by atoms with Crippen molar-refractivity contribution < 1.29 is 0 Å². The zero-order chi connectivity index (χ0) is 13.6. The van der Waals surface area contributed by atoms with Crippen molar-refractivity contribution in [3.63, 3.8) is 0 Å². The summed E-state index contributed by atoms with van der Waals surface area (Å²) in [6, 6.07) is 11.1. The molecule has 0 nitrogen and oxygen atoms in total. The molecule has 0 heterocycles. The first-order valence-electron chi connectivity index (χ1n) is 6.64. The lowest BCUT2D eigenvalue weighted by Gasteiger charge is -2.15. The van der Waals surface area contributed by atoms with Gasteiger partial charge in [0.1, 0.15) is 0 Å². The van der Waals surface area contributed by atoms with E-state index >= 15 is 0 Å². The maximum Gasteiger partial charge on any atom is 0.0184 e. The Balaban J connectivity index is 2.32. The van der Waals surface area contributed by atoms with E-state index in [2.05, 4.69) is 73.1 Å². The smallest absolute Gasteiger partial charge is 0.0184 e. The van der Waals surface area contributed by atoms with Gasteiger partial charge in [0.2, 0.25) is 0 Å². The number of hydrogen-bond acceptors (Lipinski definition) is 0. The molecule has 0 bridgehead atoms. The van der Waals surface area contributed by atoms with Crippen LogP contribution in [0.25, 0.3) is 16.7 Å². The molecule has 0 radical (unpaired) electrons. The Bertz CT molecular complexity index is 693. The van der Waals surface area contributed by atoms with Crippen LogP contribution < -0.4 is 0 Å². The first-order chi connectivity index (χ1) is 9.08. The van der Waals surface area contributed by atoms with E-state index in [9.17, 15) is 0 Å². The second kappa shape index (κ2) is 4.64. The van der Waals surface area contributed by atoms with Crippen molar-refractivity contribution >= 4 is 21.5 Å². The summed E-state index contributed by atoms with van der Waals surface area (Å²) in [4.78, 5) is 0. The van der Waals surface area contributed by atoms with Gasteiger partial charge in [-0.15, -0.1) is 0 Å². The average molecular weight is 313 g/mol. The summed E-state index contributed by atoms with van der Waals surface area (Å²) in [6.45, 7) is 6.61. The number of benzene rings is 2. The van der Waals surface area contributed by atoms with Crippen LogP contribution in [-0.4, -0.2) is 0 Å². The average Bonchev–Trinajstić information content (AvgIpc) is 2.73. The van der Waals surface area contributed by atoms with Crippen molar-refractivity contribution in [2.45, 2.75) is 27.2 Å². The van der Waals surface area contributed by atoms with Crippen LogP contribution >= 0.6 is 15.9 Å². The molecule has 19 heavy (non-hydrogen) atoms. The molecule has 0 saturated carbocycles. The Hall–Kier alpha value is -1.34. The molecule has 2 aromatic carbocycles. The van der Waals surface area contributed by atoms with E-state index < -0.39 is 0 Å². The Labute approximate surface area is 123 Å². The molecule has 0 aliphatic heterocycles. The maximum absolute atomic E-state index is 3.65. The van der Waals surface area contributed by atoms with Gasteiger partial charge in [-0.3, -0.25) is 0 Å². The fourth-order valence-electron chi connectivity index (χ4n) is 2.91. The molecule has 0 spiro atoms. The van der Waals surface area contributed by atoms with E-state index in [1.807, 2.05) is 0 Å². The molecule has 0 saturated heterocycles. The molecule has 3 rings (SSSR count). The van der Waals surface area contributed by atoms with E-state index in [1.54, 1.807) is 0 Å². The summed E-state index contributed by atoms with van der Waals surface area (Å²) in [5.74, 6) is 0. The maximum atomic E-state index is 3.65. The van der Waals surface area contributed by atoms with Gasteiger partial charge in [-0.1, -0.05) is 40.2 Å². The first kappa shape index (κ1) is 12.7. The second-order valence-corrected chi connectivity index (χ2v) is 6.24. The van der Waals surface area contributed by atoms with Crippen LogP contribution in [0, 0.1) is 13.8 Å². The highest BCUT2D eigenvalue weighted by atomic mass is 79.9. The highest BCUT2D eigenvalue weighted by Gasteiger charge is 2.18. The molecule has 96 valence electrons. The Morgan fingerprint density at radius 1 is 1.00 bits per heavy atom. The summed E-state index contributed by atoms with van der Waals surface area (Å²) in [5, 5.41) is 0. The zero-order valence-electron chi connectivity index (χ0n) is 11.5. The molecule has 1 aliphatic carbocycles. The van der Waals surface area contributed by atoms with Gasteiger partial charge in [-0.2, -0.15) is 0 Å². The van der Waals surface area contributed by atoms with Gasteiger partial charge >= 0.3 is 0 Å². The monoisotopic (exact) mass is 312 g/mol. The minimum absolute atomic E-state index is 1.05. The molecule has 2 aromatic rings. The van der Waals surface area contributed by atoms with Crippen LogP contribution in [-0.2, 0) is 6.42 Å². The van der Waals surface area contributed by atoms with Crippen LogP contribution in [0.3, 0.4) is 0 Å². The molecule has 0 unspecified atom stereocenters.